The van der Waals surface area contributed by atoms with Gasteiger partial charge in [-0.2, -0.15) is 0 Å². The van der Waals surface area contributed by atoms with Gasteiger partial charge in [-0.25, -0.2) is 4.98 Å². The average molecular weight is 377 g/mol. The van der Waals surface area contributed by atoms with Gasteiger partial charge in [0.2, 0.25) is 0 Å². The molecular weight excluding hydrogens is 354 g/mol. The van der Waals surface area contributed by atoms with Gasteiger partial charge in [-0.15, -0.1) is 0 Å². The third kappa shape index (κ3) is 3.20. The van der Waals surface area contributed by atoms with Crippen molar-refractivity contribution in [3.8, 4) is 17.1 Å². The number of para-hydroxylation sites is 1. The van der Waals surface area contributed by atoms with Crippen LogP contribution in [0.1, 0.15) is 0 Å². The Labute approximate surface area is 162 Å². The first kappa shape index (κ1) is 18.1. The zero-order valence-electron chi connectivity index (χ0n) is 16.2. The molecule has 0 atom stereocenters. The predicted molar refractivity (Wildman–Crippen MR) is 113 cm³/mol. The number of pyridine rings is 1. The van der Waals surface area contributed by atoms with Gasteiger partial charge in [0.1, 0.15) is 17.1 Å². The molecule has 7 nitrogen and oxygen atoms in total. The molecule has 0 spiro atoms. The molecule has 4 rings (SSSR count). The highest BCUT2D eigenvalue weighted by atomic mass is 16.3. The first-order valence-electron chi connectivity index (χ1n) is 9.14. The van der Waals surface area contributed by atoms with Gasteiger partial charge in [0.25, 0.3) is 5.56 Å². The molecule has 2 aromatic carbocycles. The average Bonchev–Trinajstić information content (AvgIpc) is 3.08. The van der Waals surface area contributed by atoms with E-state index >= 15 is 0 Å². The number of rotatable bonds is 5. The molecule has 0 aliphatic heterocycles. The van der Waals surface area contributed by atoms with Crippen molar-refractivity contribution >= 4 is 27.6 Å². The van der Waals surface area contributed by atoms with Crippen molar-refractivity contribution in [3.05, 3.63) is 52.8 Å². The van der Waals surface area contributed by atoms with Crippen LogP contribution >= 0.6 is 0 Å². The number of hydrogen-bond acceptors (Lipinski definition) is 5. The molecular formula is C21H23N5O2. The van der Waals surface area contributed by atoms with Gasteiger partial charge in [-0.1, -0.05) is 12.1 Å². The van der Waals surface area contributed by atoms with E-state index in [0.29, 0.717) is 16.7 Å². The third-order valence-corrected chi connectivity index (χ3v) is 4.92. The molecule has 7 heteroatoms. The van der Waals surface area contributed by atoms with Gasteiger partial charge < -0.3 is 24.9 Å². The first-order chi connectivity index (χ1) is 13.4. The Hall–Kier alpha value is -3.32. The molecule has 144 valence electrons. The fraction of sp³-hybridized carbons (Fsp3) is 0.238. The second-order valence-corrected chi connectivity index (χ2v) is 7.24. The molecule has 0 radical (unpaired) electrons. The lowest BCUT2D eigenvalue weighted by molar-refractivity contribution is 0.416. The minimum absolute atomic E-state index is 0.0678. The number of nitrogens with one attached hydrogen (secondary N) is 2. The van der Waals surface area contributed by atoms with Crippen molar-refractivity contribution < 1.29 is 5.11 Å². The Balaban J connectivity index is 1.77. The topological polar surface area (TPSA) is 88.2 Å². The normalized spacial score (nSPS) is 11.6. The number of likely N-dealkylation sites (N-methyl/N-ethyl adjacent to an activating group) is 2. The Morgan fingerprint density at radius 1 is 1.00 bits per heavy atom. The highest BCUT2D eigenvalue weighted by Crippen LogP contribution is 2.32. The highest BCUT2D eigenvalue weighted by molar-refractivity contribution is 5.92. The van der Waals surface area contributed by atoms with Crippen molar-refractivity contribution in [1.82, 2.24) is 19.9 Å². The number of imidazole rings is 1. The highest BCUT2D eigenvalue weighted by Gasteiger charge is 2.17. The lowest BCUT2D eigenvalue weighted by Gasteiger charge is -2.21. The summed E-state index contributed by atoms with van der Waals surface area (Å²) >= 11 is 0. The van der Waals surface area contributed by atoms with E-state index in [0.717, 1.165) is 29.8 Å². The smallest absolute Gasteiger partial charge is 0.263 e. The van der Waals surface area contributed by atoms with E-state index < -0.39 is 0 Å². The van der Waals surface area contributed by atoms with Gasteiger partial charge in [0, 0.05) is 31.2 Å². The fourth-order valence-corrected chi connectivity index (χ4v) is 3.28. The third-order valence-electron chi connectivity index (χ3n) is 4.92. The maximum Gasteiger partial charge on any atom is 0.263 e. The summed E-state index contributed by atoms with van der Waals surface area (Å²) in [5.41, 5.74) is 2.98. The molecule has 0 amide bonds. The Bertz CT molecular complexity index is 1210. The molecule has 28 heavy (non-hydrogen) atoms. The maximum absolute atomic E-state index is 12.6. The minimum Gasteiger partial charge on any atom is -0.506 e. The summed E-state index contributed by atoms with van der Waals surface area (Å²) in [6.07, 6.45) is 0. The summed E-state index contributed by atoms with van der Waals surface area (Å²) in [7, 11) is 6.14. The molecule has 2 heterocycles. The van der Waals surface area contributed by atoms with Crippen molar-refractivity contribution in [2.75, 3.05) is 39.1 Å². The number of benzene rings is 2. The number of aromatic amines is 2. The molecule has 4 aromatic rings. The van der Waals surface area contributed by atoms with Crippen LogP contribution in [0.25, 0.3) is 33.3 Å². The lowest BCUT2D eigenvalue weighted by Crippen LogP contribution is -2.28. The quantitative estimate of drug-likeness (QED) is 0.498. The molecule has 0 unspecified atom stereocenters. The zero-order chi connectivity index (χ0) is 19.8. The molecule has 0 bridgehead atoms. The molecule has 0 saturated carbocycles. The number of fused-ring (bicyclic) bond motifs is 2. The van der Waals surface area contributed by atoms with E-state index in [9.17, 15) is 9.90 Å². The number of H-pyrrole nitrogens is 2. The van der Waals surface area contributed by atoms with Crippen LogP contribution in [0.3, 0.4) is 0 Å². The molecule has 2 aromatic heterocycles. The van der Waals surface area contributed by atoms with E-state index in [-0.39, 0.29) is 16.9 Å². The van der Waals surface area contributed by atoms with Crippen molar-refractivity contribution in [1.29, 1.82) is 0 Å². The molecule has 0 saturated heterocycles. The molecule has 3 N–H and O–H groups in total. The SMILES string of the molecule is CN(C)CCN(C)c1ccc2nc(-c3c(O)c4ccccc4[nH]c3=O)[nH]c2c1. The van der Waals surface area contributed by atoms with Crippen LogP contribution in [0.4, 0.5) is 5.69 Å². The van der Waals surface area contributed by atoms with Crippen LogP contribution in [0.15, 0.2) is 47.3 Å². The first-order valence-corrected chi connectivity index (χ1v) is 9.14. The van der Waals surface area contributed by atoms with E-state index in [1.54, 1.807) is 12.1 Å². The number of nitrogens with zero attached hydrogens (tertiary/aromatic N) is 3. The lowest BCUT2D eigenvalue weighted by atomic mass is 10.1. The van der Waals surface area contributed by atoms with Crippen molar-refractivity contribution in [2.24, 2.45) is 0 Å². The van der Waals surface area contributed by atoms with E-state index in [4.69, 9.17) is 0 Å². The van der Waals surface area contributed by atoms with Gasteiger partial charge in [0.05, 0.1) is 16.6 Å². The monoisotopic (exact) mass is 377 g/mol. The minimum atomic E-state index is -0.376. The van der Waals surface area contributed by atoms with Gasteiger partial charge in [-0.3, -0.25) is 4.79 Å². The summed E-state index contributed by atoms with van der Waals surface area (Å²) in [5.74, 6) is 0.286. The zero-order valence-corrected chi connectivity index (χ0v) is 16.2. The molecule has 0 aliphatic carbocycles. The van der Waals surface area contributed by atoms with Crippen LogP contribution in [-0.4, -0.2) is 59.2 Å². The van der Waals surface area contributed by atoms with Gasteiger partial charge in [-0.05, 0) is 44.4 Å². The summed E-state index contributed by atoms with van der Waals surface area (Å²) in [6, 6.07) is 13.1. The van der Waals surface area contributed by atoms with Gasteiger partial charge in [0.15, 0.2) is 0 Å². The second-order valence-electron chi connectivity index (χ2n) is 7.24. The Kier molecular flexibility index (Phi) is 4.52. The summed E-state index contributed by atoms with van der Waals surface area (Å²) in [5, 5.41) is 11.3. The summed E-state index contributed by atoms with van der Waals surface area (Å²) in [6.45, 7) is 1.84. The van der Waals surface area contributed by atoms with Crippen LogP contribution in [0, 0.1) is 0 Å². The fourth-order valence-electron chi connectivity index (χ4n) is 3.28. The number of aromatic nitrogens is 3. The molecule has 0 aliphatic rings. The van der Waals surface area contributed by atoms with Crippen LogP contribution in [0.2, 0.25) is 0 Å². The van der Waals surface area contributed by atoms with Crippen molar-refractivity contribution in [2.45, 2.75) is 0 Å². The maximum atomic E-state index is 12.6. The number of hydrogen-bond donors (Lipinski definition) is 3. The predicted octanol–water partition coefficient (Wildman–Crippen LogP) is 2.77. The Morgan fingerprint density at radius 3 is 2.57 bits per heavy atom. The van der Waals surface area contributed by atoms with E-state index in [2.05, 4.69) is 24.8 Å². The number of anilines is 1. The molecule has 0 fully saturated rings. The van der Waals surface area contributed by atoms with Crippen LogP contribution in [0.5, 0.6) is 5.75 Å². The largest absolute Gasteiger partial charge is 0.506 e. The number of aromatic hydroxyl groups is 1. The van der Waals surface area contributed by atoms with Crippen molar-refractivity contribution in [3.63, 3.8) is 0 Å². The van der Waals surface area contributed by atoms with Crippen LogP contribution in [-0.2, 0) is 0 Å². The van der Waals surface area contributed by atoms with E-state index in [1.807, 2.05) is 51.5 Å². The standard InChI is InChI=1S/C21H23N5O2/c1-25(2)10-11-26(3)13-8-9-16-17(12-13)23-20(22-16)18-19(27)14-6-4-5-7-15(14)24-21(18)28/h4-9,12H,10-11H2,1-3H3,(H,22,23)(H2,24,27,28). The van der Waals surface area contributed by atoms with Crippen LogP contribution < -0.4 is 10.5 Å². The second kappa shape index (κ2) is 7.01. The Morgan fingerprint density at radius 2 is 1.79 bits per heavy atom. The van der Waals surface area contributed by atoms with E-state index in [1.165, 1.54) is 0 Å². The summed E-state index contributed by atoms with van der Waals surface area (Å²) < 4.78 is 0. The summed E-state index contributed by atoms with van der Waals surface area (Å²) in [4.78, 5) is 27.4. The van der Waals surface area contributed by atoms with Gasteiger partial charge >= 0.3 is 0 Å².